The van der Waals surface area contributed by atoms with Crippen molar-refractivity contribution in [3.63, 3.8) is 0 Å². The summed E-state index contributed by atoms with van der Waals surface area (Å²) in [5.41, 5.74) is 5.29. The molecule has 3 aromatic rings. The van der Waals surface area contributed by atoms with Gasteiger partial charge in [-0.1, -0.05) is 44.0 Å². The zero-order valence-electron chi connectivity index (χ0n) is 15.0. The molecule has 3 rings (SSSR count). The lowest BCUT2D eigenvalue weighted by Crippen LogP contribution is -1.93. The summed E-state index contributed by atoms with van der Waals surface area (Å²) < 4.78 is 0. The van der Waals surface area contributed by atoms with Crippen LogP contribution in [0.4, 0.5) is 17.1 Å². The number of anilines is 2. The van der Waals surface area contributed by atoms with Gasteiger partial charge in [0.05, 0.1) is 11.2 Å². The van der Waals surface area contributed by atoms with Crippen LogP contribution >= 0.6 is 0 Å². The summed E-state index contributed by atoms with van der Waals surface area (Å²) in [5, 5.41) is 4.62. The fraction of sp³-hybridized carbons (Fsp3) is 0.273. The minimum Gasteiger partial charge on any atom is -0.355 e. The Morgan fingerprint density at radius 1 is 1.04 bits per heavy atom. The molecule has 0 fully saturated rings. The van der Waals surface area contributed by atoms with Crippen LogP contribution in [0, 0.1) is 0 Å². The van der Waals surface area contributed by atoms with Crippen molar-refractivity contribution >= 4 is 33.7 Å². The number of aliphatic imine (C=N–C) groups is 1. The molecule has 0 saturated heterocycles. The zero-order chi connectivity index (χ0) is 17.5. The molecule has 0 saturated carbocycles. The van der Waals surface area contributed by atoms with Gasteiger partial charge in [0.1, 0.15) is 0 Å². The highest BCUT2D eigenvalue weighted by molar-refractivity contribution is 5.93. The molecule has 0 aliphatic carbocycles. The number of hydrogen-bond donors (Lipinski definition) is 1. The monoisotopic (exact) mass is 331 g/mol. The molecule has 0 atom stereocenters. The predicted octanol–water partition coefficient (Wildman–Crippen LogP) is 6.65. The van der Waals surface area contributed by atoms with E-state index in [0.717, 1.165) is 34.4 Å². The molecule has 2 aromatic carbocycles. The predicted molar refractivity (Wildman–Crippen MR) is 108 cm³/mol. The number of hydrogen-bond acceptors (Lipinski definition) is 3. The van der Waals surface area contributed by atoms with Crippen molar-refractivity contribution in [2.45, 2.75) is 39.5 Å². The highest BCUT2D eigenvalue weighted by Gasteiger charge is 2.02. The van der Waals surface area contributed by atoms with Crippen molar-refractivity contribution in [1.29, 1.82) is 0 Å². The second kappa shape index (κ2) is 8.43. The standard InChI is InChI=1S/C22H25N3/c1-3-4-5-9-17(2)24-18-10-8-11-19(16-18)25-22-14-15-23-21-13-7-6-12-20(21)22/h6-8,10-16H,3-5,9H2,1-2H3,(H,23,25). The van der Waals surface area contributed by atoms with E-state index < -0.39 is 0 Å². The van der Waals surface area contributed by atoms with Crippen LogP contribution in [0.5, 0.6) is 0 Å². The quantitative estimate of drug-likeness (QED) is 0.388. The fourth-order valence-corrected chi connectivity index (χ4v) is 2.92. The SMILES string of the molecule is CCCCCC(C)=Nc1cccc(Nc2ccnc3ccccc23)c1. The van der Waals surface area contributed by atoms with Gasteiger partial charge in [0, 0.05) is 28.7 Å². The lowest BCUT2D eigenvalue weighted by atomic mass is 10.1. The summed E-state index contributed by atoms with van der Waals surface area (Å²) in [7, 11) is 0. The van der Waals surface area contributed by atoms with Crippen molar-refractivity contribution in [2.75, 3.05) is 5.32 Å². The van der Waals surface area contributed by atoms with Crippen LogP contribution in [-0.2, 0) is 0 Å². The van der Waals surface area contributed by atoms with Gasteiger partial charge in [0.25, 0.3) is 0 Å². The Hall–Kier alpha value is -2.68. The van der Waals surface area contributed by atoms with E-state index in [4.69, 9.17) is 4.99 Å². The van der Waals surface area contributed by atoms with Gasteiger partial charge in [0.2, 0.25) is 0 Å². The number of nitrogens with zero attached hydrogens (tertiary/aromatic N) is 2. The number of nitrogens with one attached hydrogen (secondary N) is 1. The zero-order valence-corrected chi connectivity index (χ0v) is 15.0. The van der Waals surface area contributed by atoms with Gasteiger partial charge in [-0.2, -0.15) is 0 Å². The second-order valence-corrected chi connectivity index (χ2v) is 6.36. The maximum absolute atomic E-state index is 4.76. The van der Waals surface area contributed by atoms with Crippen LogP contribution in [0.3, 0.4) is 0 Å². The Morgan fingerprint density at radius 3 is 2.80 bits per heavy atom. The topological polar surface area (TPSA) is 37.3 Å². The van der Waals surface area contributed by atoms with E-state index >= 15 is 0 Å². The van der Waals surface area contributed by atoms with Gasteiger partial charge in [-0.25, -0.2) is 0 Å². The van der Waals surface area contributed by atoms with Gasteiger partial charge in [-0.15, -0.1) is 0 Å². The lowest BCUT2D eigenvalue weighted by molar-refractivity contribution is 0.741. The van der Waals surface area contributed by atoms with Crippen molar-refractivity contribution in [2.24, 2.45) is 4.99 Å². The van der Waals surface area contributed by atoms with Crippen LogP contribution in [0.15, 0.2) is 65.8 Å². The number of aromatic nitrogens is 1. The molecule has 3 nitrogen and oxygen atoms in total. The molecule has 0 spiro atoms. The number of fused-ring (bicyclic) bond motifs is 1. The molecular weight excluding hydrogens is 306 g/mol. The van der Waals surface area contributed by atoms with Crippen molar-refractivity contribution < 1.29 is 0 Å². The van der Waals surface area contributed by atoms with E-state index in [1.165, 1.54) is 25.0 Å². The van der Waals surface area contributed by atoms with E-state index in [-0.39, 0.29) is 0 Å². The van der Waals surface area contributed by atoms with E-state index in [1.54, 1.807) is 0 Å². The molecule has 3 heteroatoms. The first kappa shape index (κ1) is 17.2. The van der Waals surface area contributed by atoms with Gasteiger partial charge in [-0.05, 0) is 50.1 Å². The van der Waals surface area contributed by atoms with Crippen molar-refractivity contribution in [1.82, 2.24) is 4.98 Å². The smallest absolute Gasteiger partial charge is 0.0722 e. The van der Waals surface area contributed by atoms with Crippen molar-refractivity contribution in [3.8, 4) is 0 Å². The minimum absolute atomic E-state index is 0.994. The number of para-hydroxylation sites is 1. The first-order valence-electron chi connectivity index (χ1n) is 9.01. The molecule has 0 unspecified atom stereocenters. The molecule has 0 amide bonds. The van der Waals surface area contributed by atoms with Gasteiger partial charge < -0.3 is 5.32 Å². The van der Waals surface area contributed by atoms with Crippen LogP contribution in [0.1, 0.15) is 39.5 Å². The third kappa shape index (κ3) is 4.66. The number of pyridine rings is 1. The molecule has 0 aliphatic rings. The van der Waals surface area contributed by atoms with E-state index in [9.17, 15) is 0 Å². The highest BCUT2D eigenvalue weighted by atomic mass is 14.9. The number of unbranched alkanes of at least 4 members (excludes halogenated alkanes) is 2. The summed E-state index contributed by atoms with van der Waals surface area (Å²) in [5.74, 6) is 0. The summed E-state index contributed by atoms with van der Waals surface area (Å²) in [6.07, 6.45) is 6.63. The average Bonchev–Trinajstić information content (AvgIpc) is 2.63. The molecule has 128 valence electrons. The summed E-state index contributed by atoms with van der Waals surface area (Å²) in [4.78, 5) is 9.17. The summed E-state index contributed by atoms with van der Waals surface area (Å²) >= 11 is 0. The maximum atomic E-state index is 4.76. The molecule has 1 aromatic heterocycles. The molecule has 0 aliphatic heterocycles. The van der Waals surface area contributed by atoms with Crippen LogP contribution in [-0.4, -0.2) is 10.7 Å². The number of benzene rings is 2. The first-order chi connectivity index (χ1) is 12.3. The molecule has 0 bridgehead atoms. The fourth-order valence-electron chi connectivity index (χ4n) is 2.92. The summed E-state index contributed by atoms with van der Waals surface area (Å²) in [6.45, 7) is 4.34. The highest BCUT2D eigenvalue weighted by Crippen LogP contribution is 2.27. The van der Waals surface area contributed by atoms with Crippen LogP contribution < -0.4 is 5.32 Å². The van der Waals surface area contributed by atoms with E-state index in [1.807, 2.05) is 36.5 Å². The Bertz CT molecular complexity index is 863. The molecule has 25 heavy (non-hydrogen) atoms. The van der Waals surface area contributed by atoms with Gasteiger partial charge in [0.15, 0.2) is 0 Å². The molecule has 1 N–H and O–H groups in total. The average molecular weight is 331 g/mol. The molecule has 1 heterocycles. The third-order valence-electron chi connectivity index (χ3n) is 4.24. The van der Waals surface area contributed by atoms with E-state index in [2.05, 4.69) is 48.4 Å². The second-order valence-electron chi connectivity index (χ2n) is 6.36. The van der Waals surface area contributed by atoms with Gasteiger partial charge >= 0.3 is 0 Å². The molecular formula is C22H25N3. The maximum Gasteiger partial charge on any atom is 0.0722 e. The normalized spacial score (nSPS) is 11.7. The Kier molecular flexibility index (Phi) is 5.78. The van der Waals surface area contributed by atoms with Crippen LogP contribution in [0.25, 0.3) is 10.9 Å². The van der Waals surface area contributed by atoms with E-state index in [0.29, 0.717) is 0 Å². The lowest BCUT2D eigenvalue weighted by Gasteiger charge is -2.10. The number of rotatable bonds is 7. The Labute approximate surface area is 149 Å². The largest absolute Gasteiger partial charge is 0.355 e. The van der Waals surface area contributed by atoms with Gasteiger partial charge in [-0.3, -0.25) is 9.98 Å². The minimum atomic E-state index is 0.994. The molecule has 0 radical (unpaired) electrons. The Morgan fingerprint density at radius 2 is 1.92 bits per heavy atom. The first-order valence-corrected chi connectivity index (χ1v) is 9.01. The third-order valence-corrected chi connectivity index (χ3v) is 4.24. The van der Waals surface area contributed by atoms with Crippen LogP contribution in [0.2, 0.25) is 0 Å². The van der Waals surface area contributed by atoms with Crippen molar-refractivity contribution in [3.05, 3.63) is 60.8 Å². The Balaban J connectivity index is 1.78. The summed E-state index contributed by atoms with van der Waals surface area (Å²) in [6, 6.07) is 18.4.